The van der Waals surface area contributed by atoms with Gasteiger partial charge < -0.3 is 18.9 Å². The van der Waals surface area contributed by atoms with Gasteiger partial charge in [-0.2, -0.15) is 4.98 Å². The smallest absolute Gasteiger partial charge is 0.254 e. The summed E-state index contributed by atoms with van der Waals surface area (Å²) in [7, 11) is 0. The molecule has 7 heteroatoms. The molecule has 7 nitrogen and oxygen atoms in total. The maximum absolute atomic E-state index is 12.6. The van der Waals surface area contributed by atoms with Crippen LogP contribution >= 0.6 is 0 Å². The van der Waals surface area contributed by atoms with Crippen molar-refractivity contribution in [3.05, 3.63) is 41.5 Å². The van der Waals surface area contributed by atoms with E-state index in [1.54, 1.807) is 31.2 Å². The third-order valence-electron chi connectivity index (χ3n) is 3.92. The number of amides is 1. The SMILES string of the molecule is CCC1CN(C(=O)c2ccc(OCc3noc(C)n3)cc2)CCO1. The summed E-state index contributed by atoms with van der Waals surface area (Å²) in [6.45, 7) is 5.89. The predicted octanol–water partition coefficient (Wildman–Crippen LogP) is 2.21. The van der Waals surface area contributed by atoms with Crippen LogP contribution < -0.4 is 4.74 Å². The summed E-state index contributed by atoms with van der Waals surface area (Å²) in [5, 5.41) is 3.77. The molecular weight excluding hydrogens is 310 g/mol. The van der Waals surface area contributed by atoms with Crippen LogP contribution in [0.1, 0.15) is 35.4 Å². The Bertz CT molecular complexity index is 683. The number of aryl methyl sites for hydroxylation is 1. The van der Waals surface area contributed by atoms with Gasteiger partial charge in [0.1, 0.15) is 5.75 Å². The van der Waals surface area contributed by atoms with E-state index in [1.807, 2.05) is 4.90 Å². The van der Waals surface area contributed by atoms with E-state index in [9.17, 15) is 4.79 Å². The molecule has 0 spiro atoms. The quantitative estimate of drug-likeness (QED) is 0.836. The lowest BCUT2D eigenvalue weighted by Crippen LogP contribution is -2.45. The lowest BCUT2D eigenvalue weighted by atomic mass is 10.1. The lowest BCUT2D eigenvalue weighted by Gasteiger charge is -2.32. The monoisotopic (exact) mass is 331 g/mol. The fourth-order valence-electron chi connectivity index (χ4n) is 2.57. The molecule has 0 N–H and O–H groups in total. The van der Waals surface area contributed by atoms with E-state index in [-0.39, 0.29) is 18.6 Å². The third kappa shape index (κ3) is 3.91. The minimum atomic E-state index is 0.0251. The number of hydrogen-bond acceptors (Lipinski definition) is 6. The molecule has 0 aliphatic carbocycles. The highest BCUT2D eigenvalue weighted by Gasteiger charge is 2.23. The summed E-state index contributed by atoms with van der Waals surface area (Å²) in [5.41, 5.74) is 0.648. The lowest BCUT2D eigenvalue weighted by molar-refractivity contribution is -0.0226. The highest BCUT2D eigenvalue weighted by molar-refractivity contribution is 5.94. The highest BCUT2D eigenvalue weighted by Crippen LogP contribution is 2.17. The number of hydrogen-bond donors (Lipinski definition) is 0. The van der Waals surface area contributed by atoms with Gasteiger partial charge in [0.05, 0.1) is 12.7 Å². The molecule has 0 saturated carbocycles. The number of carbonyl (C=O) groups is 1. The molecule has 1 amide bonds. The largest absolute Gasteiger partial charge is 0.485 e. The standard InChI is InChI=1S/C17H21N3O4/c1-3-14-10-20(8-9-22-14)17(21)13-4-6-15(7-5-13)23-11-16-18-12(2)24-19-16/h4-7,14H,3,8-11H2,1-2H3. The Hall–Kier alpha value is -2.41. The van der Waals surface area contributed by atoms with E-state index in [0.29, 0.717) is 42.7 Å². The zero-order chi connectivity index (χ0) is 16.9. The number of morpholine rings is 1. The van der Waals surface area contributed by atoms with Crippen molar-refractivity contribution in [3.63, 3.8) is 0 Å². The van der Waals surface area contributed by atoms with Crippen molar-refractivity contribution >= 4 is 5.91 Å². The molecule has 1 aromatic heterocycles. The van der Waals surface area contributed by atoms with Crippen LogP contribution in [0.2, 0.25) is 0 Å². The predicted molar refractivity (Wildman–Crippen MR) is 85.7 cm³/mol. The first-order valence-corrected chi connectivity index (χ1v) is 8.08. The Morgan fingerprint density at radius 2 is 2.17 bits per heavy atom. The van der Waals surface area contributed by atoms with Gasteiger partial charge in [-0.25, -0.2) is 0 Å². The van der Waals surface area contributed by atoms with Crippen molar-refractivity contribution in [2.45, 2.75) is 33.0 Å². The summed E-state index contributed by atoms with van der Waals surface area (Å²) < 4.78 is 16.1. The van der Waals surface area contributed by atoms with Crippen molar-refractivity contribution in [2.75, 3.05) is 19.7 Å². The van der Waals surface area contributed by atoms with Crippen LogP contribution in [-0.4, -0.2) is 46.7 Å². The minimum Gasteiger partial charge on any atom is -0.485 e. The van der Waals surface area contributed by atoms with Crippen LogP contribution in [0.4, 0.5) is 0 Å². The second kappa shape index (κ2) is 7.44. The van der Waals surface area contributed by atoms with Crippen LogP contribution in [-0.2, 0) is 11.3 Å². The van der Waals surface area contributed by atoms with E-state index in [2.05, 4.69) is 17.1 Å². The van der Waals surface area contributed by atoms with Crippen LogP contribution in [0.5, 0.6) is 5.75 Å². The Morgan fingerprint density at radius 3 is 2.83 bits per heavy atom. The first kappa shape index (κ1) is 16.4. The van der Waals surface area contributed by atoms with Gasteiger partial charge in [0.15, 0.2) is 6.61 Å². The number of ether oxygens (including phenoxy) is 2. The molecule has 2 heterocycles. The molecule has 3 rings (SSSR count). The van der Waals surface area contributed by atoms with Crippen LogP contribution in [0.15, 0.2) is 28.8 Å². The summed E-state index contributed by atoms with van der Waals surface area (Å²) in [6.07, 6.45) is 1.04. The normalized spacial score (nSPS) is 17.8. The van der Waals surface area contributed by atoms with Gasteiger partial charge >= 0.3 is 0 Å². The summed E-state index contributed by atoms with van der Waals surface area (Å²) in [6, 6.07) is 7.10. The molecule has 0 radical (unpaired) electrons. The van der Waals surface area contributed by atoms with Gasteiger partial charge in [-0.3, -0.25) is 4.79 Å². The van der Waals surface area contributed by atoms with E-state index in [4.69, 9.17) is 14.0 Å². The van der Waals surface area contributed by atoms with E-state index in [1.165, 1.54) is 0 Å². The first-order valence-electron chi connectivity index (χ1n) is 8.08. The second-order valence-electron chi connectivity index (χ2n) is 5.69. The molecule has 1 saturated heterocycles. The van der Waals surface area contributed by atoms with E-state index < -0.39 is 0 Å². The topological polar surface area (TPSA) is 77.7 Å². The van der Waals surface area contributed by atoms with Crippen molar-refractivity contribution in [3.8, 4) is 5.75 Å². The molecule has 128 valence electrons. The zero-order valence-corrected chi connectivity index (χ0v) is 13.9. The molecule has 1 atom stereocenters. The maximum Gasteiger partial charge on any atom is 0.254 e. The van der Waals surface area contributed by atoms with Crippen molar-refractivity contribution in [1.29, 1.82) is 0 Å². The summed E-state index contributed by atoms with van der Waals surface area (Å²) in [4.78, 5) is 18.5. The fraction of sp³-hybridized carbons (Fsp3) is 0.471. The average molecular weight is 331 g/mol. The van der Waals surface area contributed by atoms with Crippen LogP contribution in [0, 0.1) is 6.92 Å². The van der Waals surface area contributed by atoms with Gasteiger partial charge in [-0.05, 0) is 30.7 Å². The van der Waals surface area contributed by atoms with Crippen LogP contribution in [0.25, 0.3) is 0 Å². The summed E-state index contributed by atoms with van der Waals surface area (Å²) >= 11 is 0. The van der Waals surface area contributed by atoms with Gasteiger partial charge in [0.25, 0.3) is 5.91 Å². The molecule has 1 aliphatic heterocycles. The molecule has 1 unspecified atom stereocenters. The van der Waals surface area contributed by atoms with Crippen molar-refractivity contribution in [1.82, 2.24) is 15.0 Å². The average Bonchev–Trinajstić information content (AvgIpc) is 3.05. The Morgan fingerprint density at radius 1 is 1.38 bits per heavy atom. The van der Waals surface area contributed by atoms with Crippen LogP contribution in [0.3, 0.4) is 0 Å². The fourth-order valence-corrected chi connectivity index (χ4v) is 2.57. The zero-order valence-electron chi connectivity index (χ0n) is 13.9. The maximum atomic E-state index is 12.6. The van der Waals surface area contributed by atoms with Gasteiger partial charge in [-0.1, -0.05) is 12.1 Å². The first-order chi connectivity index (χ1) is 11.7. The van der Waals surface area contributed by atoms with Gasteiger partial charge in [0.2, 0.25) is 11.7 Å². The number of nitrogens with zero attached hydrogens (tertiary/aromatic N) is 3. The molecule has 24 heavy (non-hydrogen) atoms. The number of aromatic nitrogens is 2. The molecule has 0 bridgehead atoms. The van der Waals surface area contributed by atoms with Crippen molar-refractivity contribution < 1.29 is 18.8 Å². The molecule has 2 aromatic rings. The Balaban J connectivity index is 1.58. The second-order valence-corrected chi connectivity index (χ2v) is 5.69. The molecule has 1 aromatic carbocycles. The number of rotatable bonds is 5. The summed E-state index contributed by atoms with van der Waals surface area (Å²) in [5.74, 6) is 1.68. The number of carbonyl (C=O) groups excluding carboxylic acids is 1. The third-order valence-corrected chi connectivity index (χ3v) is 3.92. The Labute approximate surface area is 140 Å². The van der Waals surface area contributed by atoms with Crippen molar-refractivity contribution in [2.24, 2.45) is 0 Å². The molecule has 1 fully saturated rings. The number of benzene rings is 1. The van der Waals surface area contributed by atoms with Gasteiger partial charge in [-0.15, -0.1) is 0 Å². The minimum absolute atomic E-state index is 0.0251. The Kier molecular flexibility index (Phi) is 5.10. The van der Waals surface area contributed by atoms with Gasteiger partial charge in [0, 0.05) is 25.6 Å². The molecule has 1 aliphatic rings. The van der Waals surface area contributed by atoms with E-state index >= 15 is 0 Å². The highest BCUT2D eigenvalue weighted by atomic mass is 16.5. The molecular formula is C17H21N3O4. The van der Waals surface area contributed by atoms with E-state index in [0.717, 1.165) is 6.42 Å².